The SMILES string of the molecule is COc1ccc2c(c1)CCN(C(=O)c1ccc(=O)[nH]c1)C2c1ccccc1. The average molecular weight is 360 g/mol. The normalized spacial score (nSPS) is 15.9. The molecule has 5 nitrogen and oxygen atoms in total. The number of ether oxygens (including phenoxy) is 1. The van der Waals surface area contributed by atoms with Gasteiger partial charge in [0.05, 0.1) is 18.7 Å². The highest BCUT2D eigenvalue weighted by molar-refractivity contribution is 5.94. The number of pyridine rings is 1. The van der Waals surface area contributed by atoms with Crippen LogP contribution in [-0.4, -0.2) is 29.4 Å². The van der Waals surface area contributed by atoms with Gasteiger partial charge in [0.2, 0.25) is 5.56 Å². The molecule has 0 fully saturated rings. The second kappa shape index (κ2) is 7.11. The van der Waals surface area contributed by atoms with Crippen molar-refractivity contribution in [2.24, 2.45) is 0 Å². The molecule has 1 aliphatic heterocycles. The van der Waals surface area contributed by atoms with Crippen LogP contribution < -0.4 is 10.3 Å². The second-order valence-electron chi connectivity index (χ2n) is 6.57. The zero-order valence-electron chi connectivity index (χ0n) is 15.0. The summed E-state index contributed by atoms with van der Waals surface area (Å²) in [7, 11) is 1.66. The summed E-state index contributed by atoms with van der Waals surface area (Å²) in [5, 5.41) is 0. The van der Waals surface area contributed by atoms with Crippen molar-refractivity contribution >= 4 is 5.91 Å². The zero-order valence-corrected chi connectivity index (χ0v) is 15.0. The molecular formula is C22H20N2O3. The number of hydrogen-bond donors (Lipinski definition) is 1. The fourth-order valence-electron chi connectivity index (χ4n) is 3.65. The number of carbonyl (C=O) groups excluding carboxylic acids is 1. The van der Waals surface area contributed by atoms with Crippen molar-refractivity contribution in [3.05, 3.63) is 99.5 Å². The predicted octanol–water partition coefficient (Wildman–Crippen LogP) is 3.17. The quantitative estimate of drug-likeness (QED) is 0.780. The molecule has 0 aliphatic carbocycles. The Hall–Kier alpha value is -3.34. The van der Waals surface area contributed by atoms with Gasteiger partial charge in [-0.1, -0.05) is 36.4 Å². The molecule has 1 unspecified atom stereocenters. The number of nitrogens with zero attached hydrogens (tertiary/aromatic N) is 1. The Balaban J connectivity index is 1.79. The Morgan fingerprint density at radius 1 is 1.11 bits per heavy atom. The van der Waals surface area contributed by atoms with Gasteiger partial charge in [0, 0.05) is 18.8 Å². The van der Waals surface area contributed by atoms with E-state index < -0.39 is 0 Å². The molecule has 0 spiro atoms. The summed E-state index contributed by atoms with van der Waals surface area (Å²) in [6.45, 7) is 0.595. The van der Waals surface area contributed by atoms with Crippen LogP contribution in [0.1, 0.15) is 33.1 Å². The van der Waals surface area contributed by atoms with Gasteiger partial charge in [0.25, 0.3) is 5.91 Å². The highest BCUT2D eigenvalue weighted by atomic mass is 16.5. The Labute approximate surface area is 157 Å². The number of amides is 1. The minimum Gasteiger partial charge on any atom is -0.497 e. The number of rotatable bonds is 3. The third-order valence-electron chi connectivity index (χ3n) is 4.99. The summed E-state index contributed by atoms with van der Waals surface area (Å²) in [5.74, 6) is 0.725. The molecule has 0 saturated heterocycles. The van der Waals surface area contributed by atoms with Crippen LogP contribution in [0.2, 0.25) is 0 Å². The smallest absolute Gasteiger partial charge is 0.256 e. The minimum atomic E-state index is -0.220. The van der Waals surface area contributed by atoms with Gasteiger partial charge in [0.15, 0.2) is 0 Å². The van der Waals surface area contributed by atoms with E-state index in [0.717, 1.165) is 23.3 Å². The first-order chi connectivity index (χ1) is 13.2. The maximum absolute atomic E-state index is 13.2. The minimum absolute atomic E-state index is 0.0958. The van der Waals surface area contributed by atoms with Crippen LogP contribution in [0.25, 0.3) is 0 Å². The van der Waals surface area contributed by atoms with Crippen molar-refractivity contribution < 1.29 is 9.53 Å². The van der Waals surface area contributed by atoms with E-state index in [9.17, 15) is 9.59 Å². The third kappa shape index (κ3) is 3.24. The van der Waals surface area contributed by atoms with Crippen molar-refractivity contribution in [3.8, 4) is 5.75 Å². The van der Waals surface area contributed by atoms with Crippen LogP contribution in [0.5, 0.6) is 5.75 Å². The van der Waals surface area contributed by atoms with E-state index in [1.54, 1.807) is 13.2 Å². The zero-order chi connectivity index (χ0) is 18.8. The molecule has 2 aromatic carbocycles. The lowest BCUT2D eigenvalue weighted by atomic mass is 9.87. The van der Waals surface area contributed by atoms with E-state index in [0.29, 0.717) is 12.1 Å². The Bertz CT molecular complexity index is 1010. The summed E-state index contributed by atoms with van der Waals surface area (Å²) in [6.07, 6.45) is 2.24. The lowest BCUT2D eigenvalue weighted by Crippen LogP contribution is -2.40. The second-order valence-corrected chi connectivity index (χ2v) is 6.57. The molecule has 1 N–H and O–H groups in total. The number of aromatic amines is 1. The lowest BCUT2D eigenvalue weighted by Gasteiger charge is -2.38. The number of hydrogen-bond acceptors (Lipinski definition) is 3. The topological polar surface area (TPSA) is 62.4 Å². The molecule has 1 aliphatic rings. The highest BCUT2D eigenvalue weighted by Gasteiger charge is 2.32. The molecule has 5 heteroatoms. The number of benzene rings is 2. The predicted molar refractivity (Wildman–Crippen MR) is 103 cm³/mol. The Morgan fingerprint density at radius 2 is 1.93 bits per heavy atom. The van der Waals surface area contributed by atoms with Crippen LogP contribution in [0.15, 0.2) is 71.7 Å². The van der Waals surface area contributed by atoms with E-state index in [-0.39, 0.29) is 17.5 Å². The number of H-pyrrole nitrogens is 1. The first-order valence-corrected chi connectivity index (χ1v) is 8.89. The maximum Gasteiger partial charge on any atom is 0.256 e. The van der Waals surface area contributed by atoms with Crippen molar-refractivity contribution in [2.45, 2.75) is 12.5 Å². The van der Waals surface area contributed by atoms with E-state index in [1.807, 2.05) is 53.4 Å². The van der Waals surface area contributed by atoms with Gasteiger partial charge in [-0.25, -0.2) is 0 Å². The fraction of sp³-hybridized carbons (Fsp3) is 0.182. The van der Waals surface area contributed by atoms with Gasteiger partial charge < -0.3 is 14.6 Å². The molecule has 1 aromatic heterocycles. The number of fused-ring (bicyclic) bond motifs is 1. The summed E-state index contributed by atoms with van der Waals surface area (Å²) in [6, 6.07) is 18.8. The van der Waals surface area contributed by atoms with E-state index in [2.05, 4.69) is 4.98 Å². The van der Waals surface area contributed by atoms with Crippen LogP contribution in [0, 0.1) is 0 Å². The molecule has 0 radical (unpaired) electrons. The van der Waals surface area contributed by atoms with Crippen LogP contribution in [0.3, 0.4) is 0 Å². The number of methoxy groups -OCH3 is 1. The summed E-state index contributed by atoms with van der Waals surface area (Å²) >= 11 is 0. The van der Waals surface area contributed by atoms with Gasteiger partial charge in [-0.15, -0.1) is 0 Å². The molecule has 1 amide bonds. The average Bonchev–Trinajstić information content (AvgIpc) is 2.73. The standard InChI is InChI=1S/C22H20N2O3/c1-27-18-8-9-19-16(13-18)11-12-24(21(19)15-5-3-2-4-6-15)22(26)17-7-10-20(25)23-14-17/h2-10,13-14,21H,11-12H2,1H3,(H,23,25). The maximum atomic E-state index is 13.2. The van der Waals surface area contributed by atoms with E-state index in [1.165, 1.54) is 17.8 Å². The first kappa shape index (κ1) is 17.1. The molecule has 0 bridgehead atoms. The fourth-order valence-corrected chi connectivity index (χ4v) is 3.65. The monoisotopic (exact) mass is 360 g/mol. The molecule has 1 atom stereocenters. The van der Waals surface area contributed by atoms with E-state index >= 15 is 0 Å². The van der Waals surface area contributed by atoms with Crippen molar-refractivity contribution in [1.82, 2.24) is 9.88 Å². The molecule has 3 aromatic rings. The van der Waals surface area contributed by atoms with Gasteiger partial charge in [0.1, 0.15) is 5.75 Å². The molecule has 2 heterocycles. The third-order valence-corrected chi connectivity index (χ3v) is 4.99. The van der Waals surface area contributed by atoms with Gasteiger partial charge in [-0.2, -0.15) is 0 Å². The van der Waals surface area contributed by atoms with Crippen LogP contribution >= 0.6 is 0 Å². The molecule has 27 heavy (non-hydrogen) atoms. The number of carbonyl (C=O) groups is 1. The first-order valence-electron chi connectivity index (χ1n) is 8.89. The summed E-state index contributed by atoms with van der Waals surface area (Å²) < 4.78 is 5.36. The lowest BCUT2D eigenvalue weighted by molar-refractivity contribution is 0.0694. The van der Waals surface area contributed by atoms with Gasteiger partial charge in [-0.3, -0.25) is 9.59 Å². The Kier molecular flexibility index (Phi) is 4.50. The van der Waals surface area contributed by atoms with Crippen molar-refractivity contribution in [3.63, 3.8) is 0 Å². The van der Waals surface area contributed by atoms with Crippen molar-refractivity contribution in [1.29, 1.82) is 0 Å². The van der Waals surface area contributed by atoms with Crippen LogP contribution in [0.4, 0.5) is 0 Å². The largest absolute Gasteiger partial charge is 0.497 e. The van der Waals surface area contributed by atoms with Crippen LogP contribution in [-0.2, 0) is 6.42 Å². The van der Waals surface area contributed by atoms with Crippen molar-refractivity contribution in [2.75, 3.05) is 13.7 Å². The van der Waals surface area contributed by atoms with Gasteiger partial charge in [-0.05, 0) is 41.3 Å². The highest BCUT2D eigenvalue weighted by Crippen LogP contribution is 2.37. The number of aromatic nitrogens is 1. The Morgan fingerprint density at radius 3 is 2.63 bits per heavy atom. The summed E-state index contributed by atoms with van der Waals surface area (Å²) in [5.41, 5.74) is 3.61. The molecule has 4 rings (SSSR count). The van der Waals surface area contributed by atoms with Gasteiger partial charge >= 0.3 is 0 Å². The molecular weight excluding hydrogens is 340 g/mol. The van der Waals surface area contributed by atoms with E-state index in [4.69, 9.17) is 4.74 Å². The molecule has 136 valence electrons. The molecule has 0 saturated carbocycles. The summed E-state index contributed by atoms with van der Waals surface area (Å²) in [4.78, 5) is 29.0. The number of nitrogens with one attached hydrogen (secondary N) is 1.